The van der Waals surface area contributed by atoms with Crippen LogP contribution >= 0.6 is 7.37 Å². The molecule has 9 atom stereocenters. The van der Waals surface area contributed by atoms with Crippen molar-refractivity contribution in [2.24, 2.45) is 34.6 Å². The molecular formula is C53H83N6O11P. The Labute approximate surface area is 422 Å². The van der Waals surface area contributed by atoms with Gasteiger partial charge in [0.2, 0.25) is 25.1 Å². The maximum Gasteiger partial charge on any atom is 0.313 e. The van der Waals surface area contributed by atoms with Gasteiger partial charge in [-0.25, -0.2) is 0 Å². The molecule has 3 aliphatic heterocycles. The predicted octanol–water partition coefficient (Wildman–Crippen LogP) is 6.16. The molecule has 0 radical (unpaired) electrons. The number of methoxy groups -OCH3 is 1. The lowest BCUT2D eigenvalue weighted by Gasteiger charge is -2.41. The second-order valence-corrected chi connectivity index (χ2v) is 23.3. The number of benzene rings is 1. The Morgan fingerprint density at radius 3 is 2.04 bits per heavy atom. The van der Waals surface area contributed by atoms with E-state index >= 15 is 0 Å². The van der Waals surface area contributed by atoms with Crippen LogP contribution in [-0.4, -0.2) is 171 Å². The molecule has 0 saturated carbocycles. The second-order valence-electron chi connectivity index (χ2n) is 20.7. The number of carbonyl (C=O) groups is 7. The zero-order chi connectivity index (χ0) is 52.7. The van der Waals surface area contributed by atoms with E-state index in [1.54, 1.807) is 50.2 Å². The zero-order valence-electron chi connectivity index (χ0n) is 44.0. The topological polar surface area (TPSA) is 215 Å². The highest BCUT2D eigenvalue weighted by Crippen LogP contribution is 2.49. The molecule has 3 heterocycles. The molecular weight excluding hydrogens is 928 g/mol. The first-order valence-corrected chi connectivity index (χ1v) is 27.8. The second kappa shape index (κ2) is 27.4. The Kier molecular flexibility index (Phi) is 22.7. The van der Waals surface area contributed by atoms with Crippen LogP contribution in [0.1, 0.15) is 119 Å². The van der Waals surface area contributed by atoms with Gasteiger partial charge < -0.3 is 34.3 Å². The zero-order valence-corrected chi connectivity index (χ0v) is 44.9. The van der Waals surface area contributed by atoms with Crippen molar-refractivity contribution < 1.29 is 52.9 Å². The Hall–Kier alpha value is -4.73. The summed E-state index contributed by atoms with van der Waals surface area (Å²) in [5.41, 5.74) is -0.339. The van der Waals surface area contributed by atoms with Gasteiger partial charge in [-0.3, -0.25) is 48.0 Å². The van der Waals surface area contributed by atoms with Crippen LogP contribution in [-0.2, 0) is 49.3 Å². The number of imide groups is 1. The molecule has 1 aromatic rings. The molecule has 18 heteroatoms. The van der Waals surface area contributed by atoms with Gasteiger partial charge >= 0.3 is 5.97 Å². The maximum absolute atomic E-state index is 14.8. The van der Waals surface area contributed by atoms with E-state index in [0.717, 1.165) is 24.2 Å². The number of carbonyl (C=O) groups excluding carboxylic acids is 6. The number of unbranched alkanes of at least 4 members (excludes halogenated alkanes) is 2. The summed E-state index contributed by atoms with van der Waals surface area (Å²) in [7, 11) is -0.935. The number of aliphatic imine (C=N–C) groups is 1. The van der Waals surface area contributed by atoms with Gasteiger partial charge in [-0.2, -0.15) is 0 Å². The lowest BCUT2D eigenvalue weighted by atomic mass is 9.83. The number of amides is 5. The van der Waals surface area contributed by atoms with Gasteiger partial charge in [0.25, 0.3) is 11.8 Å². The Bertz CT molecular complexity index is 2090. The van der Waals surface area contributed by atoms with Gasteiger partial charge in [0.1, 0.15) is 23.8 Å². The first-order valence-electron chi connectivity index (χ1n) is 25.8. The summed E-state index contributed by atoms with van der Waals surface area (Å²) in [6.07, 6.45) is 5.33. The van der Waals surface area contributed by atoms with Crippen molar-refractivity contribution in [3.63, 3.8) is 0 Å². The number of Topliss-reactive ketones (excluding diaryl/α,β-unsaturated/α-hetero) is 1. The number of ketones is 1. The Morgan fingerprint density at radius 1 is 0.859 bits per heavy atom. The average Bonchev–Trinajstić information content (AvgIpc) is 3.95. The van der Waals surface area contributed by atoms with Crippen LogP contribution in [0.2, 0.25) is 0 Å². The quantitative estimate of drug-likeness (QED) is 0.0333. The monoisotopic (exact) mass is 1010 g/mol. The largest absolute Gasteiger partial charge is 0.481 e. The summed E-state index contributed by atoms with van der Waals surface area (Å²) in [4.78, 5) is 117. The fourth-order valence-corrected chi connectivity index (χ4v) is 12.0. The van der Waals surface area contributed by atoms with Crippen molar-refractivity contribution >= 4 is 54.5 Å². The van der Waals surface area contributed by atoms with Crippen molar-refractivity contribution in [2.75, 3.05) is 59.6 Å². The third-order valence-electron chi connectivity index (χ3n) is 15.1. The molecule has 71 heavy (non-hydrogen) atoms. The van der Waals surface area contributed by atoms with Crippen LogP contribution in [0.4, 0.5) is 0 Å². The summed E-state index contributed by atoms with van der Waals surface area (Å²) < 4.78 is 19.5. The van der Waals surface area contributed by atoms with E-state index < -0.39 is 49.3 Å². The molecule has 0 aliphatic carbocycles. The highest BCUT2D eigenvalue weighted by molar-refractivity contribution is 7.59. The highest BCUT2D eigenvalue weighted by atomic mass is 31.2. The molecule has 3 aliphatic rings. The lowest BCUT2D eigenvalue weighted by Crippen LogP contribution is -2.55. The molecule has 17 nitrogen and oxygen atoms in total. The van der Waals surface area contributed by atoms with Crippen LogP contribution in [0.5, 0.6) is 0 Å². The molecule has 1 aromatic carbocycles. The minimum atomic E-state index is -4.26. The minimum Gasteiger partial charge on any atom is -0.481 e. The number of rotatable bonds is 27. The third kappa shape index (κ3) is 16.1. The summed E-state index contributed by atoms with van der Waals surface area (Å²) in [6, 6.07) is 7.48. The number of likely N-dealkylation sites (tertiary alicyclic amines) is 1. The van der Waals surface area contributed by atoms with Crippen molar-refractivity contribution in [3.05, 3.63) is 48.0 Å². The molecule has 5 amide bonds. The predicted molar refractivity (Wildman–Crippen MR) is 274 cm³/mol. The van der Waals surface area contributed by atoms with Gasteiger partial charge in [0, 0.05) is 102 Å². The number of ether oxygens (including phenoxy) is 1. The van der Waals surface area contributed by atoms with E-state index in [0.29, 0.717) is 71.4 Å². The van der Waals surface area contributed by atoms with Crippen molar-refractivity contribution in [2.45, 2.75) is 149 Å². The number of aliphatic carboxylic acids is 1. The number of piperazine rings is 1. The summed E-state index contributed by atoms with van der Waals surface area (Å²) in [5, 5.41) is 9.44. The van der Waals surface area contributed by atoms with Crippen LogP contribution in [0.15, 0.2) is 47.5 Å². The molecule has 1 unspecified atom stereocenters. The molecule has 2 saturated heterocycles. The Morgan fingerprint density at radius 2 is 1.48 bits per heavy atom. The van der Waals surface area contributed by atoms with Crippen LogP contribution in [0, 0.1) is 29.6 Å². The fourth-order valence-electron chi connectivity index (χ4n) is 10.4. The van der Waals surface area contributed by atoms with Gasteiger partial charge in [0.15, 0.2) is 0 Å². The minimum absolute atomic E-state index is 0.00486. The number of nitrogens with zero attached hydrogens (tertiary/aromatic N) is 6. The molecule has 2 fully saturated rings. The number of amidine groups is 1. The molecule has 0 aromatic heterocycles. The van der Waals surface area contributed by atoms with E-state index in [4.69, 9.17) is 9.73 Å². The van der Waals surface area contributed by atoms with Gasteiger partial charge in [-0.15, -0.1) is 0 Å². The van der Waals surface area contributed by atoms with Crippen LogP contribution < -0.4 is 0 Å². The van der Waals surface area contributed by atoms with E-state index in [1.807, 2.05) is 43.6 Å². The Balaban J connectivity index is 1.41. The van der Waals surface area contributed by atoms with Crippen molar-refractivity contribution in [1.29, 1.82) is 0 Å². The SMILES string of the molecule is CC[C@H](C)[C@@H]([C@@H](CC(=O)N1CCC[C@H]1[C@H](C)[C@@H](C)C(=O)C[C@@H](Cc1ccccc1)P(=O)(O)CC(=O)O)OC)N(C)C(=O)[C@@H](N=C(C(C)C)N1CCN(C(=O)CCCCCN2C(=O)C=CC2=O)CC1)C(C)C. The first kappa shape index (κ1) is 58.8. The molecule has 0 spiro atoms. The third-order valence-corrected chi connectivity index (χ3v) is 17.3. The van der Waals surface area contributed by atoms with Gasteiger partial charge in [-0.05, 0) is 55.4 Å². The summed E-state index contributed by atoms with van der Waals surface area (Å²) in [5.74, 6) is -2.81. The van der Waals surface area contributed by atoms with E-state index in [1.165, 1.54) is 17.1 Å². The van der Waals surface area contributed by atoms with Crippen LogP contribution in [0.3, 0.4) is 0 Å². The van der Waals surface area contributed by atoms with Crippen LogP contribution in [0.25, 0.3) is 0 Å². The summed E-state index contributed by atoms with van der Waals surface area (Å²) in [6.45, 7) is 18.9. The molecule has 396 valence electrons. The van der Waals surface area contributed by atoms with Crippen molar-refractivity contribution in [3.8, 4) is 0 Å². The number of hydrogen-bond donors (Lipinski definition) is 2. The smallest absolute Gasteiger partial charge is 0.313 e. The maximum atomic E-state index is 14.8. The molecule has 4 rings (SSSR count). The number of hydrogen-bond acceptors (Lipinski definition) is 10. The lowest BCUT2D eigenvalue weighted by molar-refractivity contribution is -0.144. The van der Waals surface area contributed by atoms with E-state index in [-0.39, 0.29) is 84.3 Å². The van der Waals surface area contributed by atoms with Crippen molar-refractivity contribution in [1.82, 2.24) is 24.5 Å². The fraction of sp³-hybridized carbons (Fsp3) is 0.698. The summed E-state index contributed by atoms with van der Waals surface area (Å²) >= 11 is 0. The molecule has 2 N–H and O–H groups in total. The molecule has 0 bridgehead atoms. The number of carboxylic acids is 1. The first-order chi connectivity index (χ1) is 33.5. The van der Waals surface area contributed by atoms with Gasteiger partial charge in [-0.1, -0.05) is 98.6 Å². The highest BCUT2D eigenvalue weighted by Gasteiger charge is 2.43. The average molecular weight is 1010 g/mol. The van der Waals surface area contributed by atoms with E-state index in [9.17, 15) is 48.1 Å². The standard InChI is InChI=1S/C53H83N6O11P/c1-11-37(6)51(44(70-10)33-48(64)58-26-18-21-42(58)38(7)39(8)43(60)32-41(71(68,69)34-49(65)66)31-40-19-14-12-15-20-40)55(9)53(67)50(35(2)3)54-52(36(4)5)57-29-27-56(28-30-57)45(61)22-16-13-17-25-59-46(62)23-24-47(59)63/h12,14-15,19-20,23-24,35-39,41-42,44,50-51H,11,13,16-18,21-22,25-34H2,1-10H3,(H,65,66)(H,68,69)/t37-,38+,39+,41+,42-,44+,50-,51-/m0/s1. The van der Waals surface area contributed by atoms with E-state index in [2.05, 4.69) is 25.7 Å². The number of likely N-dealkylation sites (N-methyl/N-ethyl adjacent to an activating group) is 1. The van der Waals surface area contributed by atoms with Gasteiger partial charge in [0.05, 0.1) is 18.6 Å². The normalized spacial score (nSPS) is 20.5. The number of carboxylic acid groups (broad SMARTS) is 1.